The van der Waals surface area contributed by atoms with E-state index < -0.39 is 18.0 Å². The number of aliphatic hydroxyl groups is 1. The fourth-order valence-electron chi connectivity index (χ4n) is 2.17. The number of carboxylic acids is 1. The molecule has 0 unspecified atom stereocenters. The standard InChI is InChI=1S/C20H22N4O6/c1-12(11-25)29-15-7-14(19(26)24-17(21)5-6-22-2)8-16(9-15)30-18-4-3-13(10-23-18)20(27)28/h3-10,12,22,25H,11H2,1-2H3,(H,27,28)(H2,21,24,26)/b6-5-/t12-/m0/s1. The van der Waals surface area contributed by atoms with E-state index in [0.717, 1.165) is 6.20 Å². The summed E-state index contributed by atoms with van der Waals surface area (Å²) in [5.41, 5.74) is 5.83. The van der Waals surface area contributed by atoms with Crippen molar-refractivity contribution in [1.29, 1.82) is 0 Å². The van der Waals surface area contributed by atoms with Crippen molar-refractivity contribution < 1.29 is 29.3 Å². The number of aromatic carboxylic acids is 1. The Balaban J connectivity index is 2.35. The number of benzene rings is 1. The largest absolute Gasteiger partial charge is 0.488 e. The van der Waals surface area contributed by atoms with E-state index in [-0.39, 0.29) is 40.9 Å². The maximum Gasteiger partial charge on any atom is 0.337 e. The second-order valence-corrected chi connectivity index (χ2v) is 6.06. The van der Waals surface area contributed by atoms with Crippen LogP contribution in [0.15, 0.2) is 53.8 Å². The first-order valence-electron chi connectivity index (χ1n) is 8.84. The first kappa shape index (κ1) is 22.4. The molecule has 1 amide bonds. The Morgan fingerprint density at radius 2 is 2.00 bits per heavy atom. The highest BCUT2D eigenvalue weighted by molar-refractivity contribution is 6.06. The SMILES string of the molecule is CN/C=C\C(N)=NC(=O)c1cc(Oc2ccc(C(=O)O)cn2)cc(O[C@@H](C)CO)c1. The Labute approximate surface area is 172 Å². The molecule has 0 spiro atoms. The molecule has 5 N–H and O–H groups in total. The number of nitrogens with one attached hydrogen (secondary N) is 1. The van der Waals surface area contributed by atoms with Crippen molar-refractivity contribution in [3.8, 4) is 17.4 Å². The molecule has 1 aromatic carbocycles. The third-order valence-electron chi connectivity index (χ3n) is 3.58. The summed E-state index contributed by atoms with van der Waals surface area (Å²) in [6.45, 7) is 1.42. The van der Waals surface area contributed by atoms with Crippen LogP contribution in [0.4, 0.5) is 0 Å². The van der Waals surface area contributed by atoms with Crippen LogP contribution in [0.1, 0.15) is 27.6 Å². The molecule has 0 radical (unpaired) electrons. The van der Waals surface area contributed by atoms with E-state index in [1.165, 1.54) is 42.6 Å². The Morgan fingerprint density at radius 1 is 1.27 bits per heavy atom. The van der Waals surface area contributed by atoms with Gasteiger partial charge in [0.2, 0.25) is 5.88 Å². The Morgan fingerprint density at radius 3 is 2.60 bits per heavy atom. The maximum atomic E-state index is 12.5. The molecule has 0 bridgehead atoms. The molecular weight excluding hydrogens is 392 g/mol. The number of aliphatic imine (C=N–C) groups is 1. The topological polar surface area (TPSA) is 156 Å². The number of carboxylic acid groups (broad SMARTS) is 1. The second kappa shape index (κ2) is 10.6. The van der Waals surface area contributed by atoms with Gasteiger partial charge in [0.05, 0.1) is 12.2 Å². The summed E-state index contributed by atoms with van der Waals surface area (Å²) in [7, 11) is 1.68. The van der Waals surface area contributed by atoms with Crippen molar-refractivity contribution in [3.63, 3.8) is 0 Å². The molecular formula is C20H22N4O6. The van der Waals surface area contributed by atoms with Gasteiger partial charge in [-0.15, -0.1) is 0 Å². The molecule has 1 heterocycles. The van der Waals surface area contributed by atoms with Crippen molar-refractivity contribution in [1.82, 2.24) is 10.3 Å². The van der Waals surface area contributed by atoms with E-state index in [1.54, 1.807) is 14.0 Å². The first-order valence-corrected chi connectivity index (χ1v) is 8.84. The van der Waals surface area contributed by atoms with Crippen molar-refractivity contribution in [2.24, 2.45) is 10.7 Å². The normalized spacial score (nSPS) is 12.4. The third kappa shape index (κ3) is 6.60. The summed E-state index contributed by atoms with van der Waals surface area (Å²) in [4.78, 5) is 31.1. The average molecular weight is 414 g/mol. The van der Waals surface area contributed by atoms with E-state index in [9.17, 15) is 14.7 Å². The first-order chi connectivity index (χ1) is 14.3. The fourth-order valence-corrected chi connectivity index (χ4v) is 2.17. The maximum absolute atomic E-state index is 12.5. The lowest BCUT2D eigenvalue weighted by Gasteiger charge is -2.14. The molecule has 2 rings (SSSR count). The van der Waals surface area contributed by atoms with Gasteiger partial charge in [-0.3, -0.25) is 4.79 Å². The summed E-state index contributed by atoms with van der Waals surface area (Å²) < 4.78 is 11.2. The third-order valence-corrected chi connectivity index (χ3v) is 3.58. The molecule has 10 heteroatoms. The highest BCUT2D eigenvalue weighted by Gasteiger charge is 2.13. The quantitative estimate of drug-likeness (QED) is 0.353. The van der Waals surface area contributed by atoms with Crippen molar-refractivity contribution in [2.75, 3.05) is 13.7 Å². The predicted octanol–water partition coefficient (Wildman–Crippen LogP) is 1.56. The lowest BCUT2D eigenvalue weighted by atomic mass is 10.2. The minimum absolute atomic E-state index is 0.00204. The predicted molar refractivity (Wildman–Crippen MR) is 109 cm³/mol. The van der Waals surface area contributed by atoms with Crippen LogP contribution in [-0.2, 0) is 0 Å². The number of ether oxygens (including phenoxy) is 2. The number of carbonyl (C=O) groups excluding carboxylic acids is 1. The van der Waals surface area contributed by atoms with Gasteiger partial charge < -0.3 is 30.7 Å². The van der Waals surface area contributed by atoms with E-state index in [2.05, 4.69) is 15.3 Å². The number of hydrogen-bond acceptors (Lipinski definition) is 7. The highest BCUT2D eigenvalue weighted by atomic mass is 16.5. The average Bonchev–Trinajstić information content (AvgIpc) is 2.72. The summed E-state index contributed by atoms with van der Waals surface area (Å²) in [5.74, 6) is -1.16. The summed E-state index contributed by atoms with van der Waals surface area (Å²) in [6, 6.07) is 7.09. The van der Waals surface area contributed by atoms with Crippen LogP contribution in [0.25, 0.3) is 0 Å². The minimum Gasteiger partial charge on any atom is -0.488 e. The number of hydrogen-bond donors (Lipinski definition) is 4. The zero-order chi connectivity index (χ0) is 22.1. The van der Waals surface area contributed by atoms with Crippen LogP contribution >= 0.6 is 0 Å². The van der Waals surface area contributed by atoms with Gasteiger partial charge in [0, 0.05) is 30.9 Å². The number of amides is 1. The Kier molecular flexibility index (Phi) is 7.89. The summed E-state index contributed by atoms with van der Waals surface area (Å²) >= 11 is 0. The van der Waals surface area contributed by atoms with Gasteiger partial charge in [0.25, 0.3) is 5.91 Å². The van der Waals surface area contributed by atoms with E-state index >= 15 is 0 Å². The Hall–Kier alpha value is -3.92. The molecule has 0 fully saturated rings. The lowest BCUT2D eigenvalue weighted by molar-refractivity contribution is 0.0696. The molecule has 2 aromatic rings. The second-order valence-electron chi connectivity index (χ2n) is 6.06. The zero-order valence-corrected chi connectivity index (χ0v) is 16.4. The smallest absolute Gasteiger partial charge is 0.337 e. The minimum atomic E-state index is -1.11. The molecule has 0 aliphatic rings. The Bertz CT molecular complexity index is 956. The van der Waals surface area contributed by atoms with E-state index in [0.29, 0.717) is 0 Å². The van der Waals surface area contributed by atoms with Crippen LogP contribution in [0.3, 0.4) is 0 Å². The van der Waals surface area contributed by atoms with Gasteiger partial charge in [-0.05, 0) is 37.4 Å². The van der Waals surface area contributed by atoms with Crippen molar-refractivity contribution in [3.05, 3.63) is 59.9 Å². The lowest BCUT2D eigenvalue weighted by Crippen LogP contribution is -2.16. The van der Waals surface area contributed by atoms with Gasteiger partial charge in [0.15, 0.2) is 0 Å². The number of carbonyl (C=O) groups is 2. The van der Waals surface area contributed by atoms with E-state index in [4.69, 9.17) is 20.3 Å². The number of pyridine rings is 1. The molecule has 0 aliphatic carbocycles. The molecule has 0 saturated heterocycles. The van der Waals surface area contributed by atoms with Gasteiger partial charge in [0.1, 0.15) is 23.4 Å². The van der Waals surface area contributed by atoms with Gasteiger partial charge in [-0.1, -0.05) is 0 Å². The van der Waals surface area contributed by atoms with Crippen molar-refractivity contribution in [2.45, 2.75) is 13.0 Å². The number of rotatable bonds is 9. The number of nitrogens with zero attached hydrogens (tertiary/aromatic N) is 2. The van der Waals surface area contributed by atoms with Crippen LogP contribution < -0.4 is 20.5 Å². The molecule has 0 saturated carbocycles. The molecule has 1 atom stereocenters. The fraction of sp³-hybridized carbons (Fsp3) is 0.200. The molecule has 0 aliphatic heterocycles. The zero-order valence-electron chi connectivity index (χ0n) is 16.4. The molecule has 30 heavy (non-hydrogen) atoms. The molecule has 158 valence electrons. The van der Waals surface area contributed by atoms with Crippen molar-refractivity contribution >= 4 is 17.7 Å². The number of amidine groups is 1. The number of nitrogens with two attached hydrogens (primary N) is 1. The van der Waals surface area contributed by atoms with Crippen LogP contribution in [0.5, 0.6) is 17.4 Å². The number of aromatic nitrogens is 1. The van der Waals surface area contributed by atoms with Gasteiger partial charge in [-0.2, -0.15) is 4.99 Å². The summed E-state index contributed by atoms with van der Waals surface area (Å²) in [5, 5.41) is 20.9. The van der Waals surface area contributed by atoms with Crippen LogP contribution in [0, 0.1) is 0 Å². The van der Waals surface area contributed by atoms with E-state index in [1.807, 2.05) is 0 Å². The van der Waals surface area contributed by atoms with Gasteiger partial charge >= 0.3 is 5.97 Å². The van der Waals surface area contributed by atoms with Gasteiger partial charge in [-0.25, -0.2) is 9.78 Å². The molecule has 1 aromatic heterocycles. The highest BCUT2D eigenvalue weighted by Crippen LogP contribution is 2.28. The summed E-state index contributed by atoms with van der Waals surface area (Å²) in [6.07, 6.45) is 3.58. The monoisotopic (exact) mass is 414 g/mol. The van der Waals surface area contributed by atoms with Crippen LogP contribution in [-0.4, -0.2) is 52.7 Å². The molecule has 10 nitrogen and oxygen atoms in total. The number of aliphatic hydroxyl groups excluding tert-OH is 1. The van der Waals surface area contributed by atoms with Crippen LogP contribution in [0.2, 0.25) is 0 Å².